The molecule has 0 aromatic carbocycles. The lowest BCUT2D eigenvalue weighted by atomic mass is 9.92. The van der Waals surface area contributed by atoms with Gasteiger partial charge in [-0.15, -0.1) is 0 Å². The first kappa shape index (κ1) is 8.97. The number of rotatable bonds is 1. The van der Waals surface area contributed by atoms with Gasteiger partial charge in [0.25, 0.3) is 0 Å². The third kappa shape index (κ3) is 1.84. The van der Waals surface area contributed by atoms with E-state index in [1.807, 2.05) is 0 Å². The lowest BCUT2D eigenvalue weighted by molar-refractivity contribution is -0.144. The molecule has 13 heavy (non-hydrogen) atoms. The van der Waals surface area contributed by atoms with Crippen LogP contribution in [0.25, 0.3) is 0 Å². The highest BCUT2D eigenvalue weighted by atomic mass is 16.4. The summed E-state index contributed by atoms with van der Waals surface area (Å²) in [7, 11) is 0. The van der Waals surface area contributed by atoms with E-state index in [0.29, 0.717) is 6.04 Å². The highest BCUT2D eigenvalue weighted by molar-refractivity contribution is 5.70. The number of piperazine rings is 1. The molecule has 2 aliphatic rings. The lowest BCUT2D eigenvalue weighted by Gasteiger charge is -2.41. The molecule has 0 aromatic rings. The first-order chi connectivity index (χ1) is 6.27. The van der Waals surface area contributed by atoms with E-state index in [1.165, 1.54) is 0 Å². The van der Waals surface area contributed by atoms with Crippen LogP contribution in [-0.2, 0) is 4.79 Å². The van der Waals surface area contributed by atoms with Crippen molar-refractivity contribution in [2.45, 2.75) is 18.9 Å². The van der Waals surface area contributed by atoms with Gasteiger partial charge in [-0.3, -0.25) is 9.69 Å². The van der Waals surface area contributed by atoms with Crippen molar-refractivity contribution in [3.8, 4) is 0 Å². The molecule has 74 valence electrons. The van der Waals surface area contributed by atoms with E-state index in [0.717, 1.165) is 39.0 Å². The normalized spacial score (nSPS) is 35.4. The van der Waals surface area contributed by atoms with Crippen LogP contribution in [0.4, 0.5) is 0 Å². The molecule has 2 N–H and O–H groups in total. The van der Waals surface area contributed by atoms with Crippen LogP contribution in [0.15, 0.2) is 0 Å². The molecule has 2 aliphatic heterocycles. The van der Waals surface area contributed by atoms with Gasteiger partial charge in [0.05, 0.1) is 5.92 Å². The number of aliphatic carboxylic acids is 1. The van der Waals surface area contributed by atoms with Gasteiger partial charge >= 0.3 is 5.97 Å². The maximum absolute atomic E-state index is 10.8. The predicted octanol–water partition coefficient (Wildman–Crippen LogP) is -0.245. The minimum Gasteiger partial charge on any atom is -0.481 e. The van der Waals surface area contributed by atoms with Crippen molar-refractivity contribution in [1.29, 1.82) is 0 Å². The summed E-state index contributed by atoms with van der Waals surface area (Å²) in [5.74, 6) is -0.758. The average molecular weight is 184 g/mol. The summed E-state index contributed by atoms with van der Waals surface area (Å²) in [6.07, 6.45) is 1.88. The molecule has 0 bridgehead atoms. The van der Waals surface area contributed by atoms with Gasteiger partial charge in [0.1, 0.15) is 0 Å². The van der Waals surface area contributed by atoms with Gasteiger partial charge in [-0.2, -0.15) is 0 Å². The van der Waals surface area contributed by atoms with E-state index < -0.39 is 5.97 Å². The fraction of sp³-hybridized carbons (Fsp3) is 0.889. The van der Waals surface area contributed by atoms with Gasteiger partial charge in [0.15, 0.2) is 0 Å². The third-order valence-corrected chi connectivity index (χ3v) is 3.12. The standard InChI is InChI=1S/C9H16N2O2/c12-9(13)7-1-2-8-5-10-3-4-11(8)6-7/h7-8,10H,1-6H2,(H,12,13)/t7-,8-/m0/s1. The number of carbonyl (C=O) groups is 1. The van der Waals surface area contributed by atoms with Crippen molar-refractivity contribution in [2.24, 2.45) is 5.92 Å². The Kier molecular flexibility index (Phi) is 2.51. The quantitative estimate of drug-likeness (QED) is 0.590. The number of fused-ring (bicyclic) bond motifs is 1. The van der Waals surface area contributed by atoms with Gasteiger partial charge in [-0.1, -0.05) is 0 Å². The summed E-state index contributed by atoms with van der Waals surface area (Å²) in [6.45, 7) is 3.80. The molecule has 0 saturated carbocycles. The number of nitrogens with zero attached hydrogens (tertiary/aromatic N) is 1. The second-order valence-electron chi connectivity index (χ2n) is 3.97. The van der Waals surface area contributed by atoms with Crippen molar-refractivity contribution in [3.63, 3.8) is 0 Å². The van der Waals surface area contributed by atoms with Gasteiger partial charge in [-0.05, 0) is 12.8 Å². The molecule has 2 rings (SSSR count). The minimum absolute atomic E-state index is 0.130. The molecule has 2 heterocycles. The van der Waals surface area contributed by atoms with E-state index in [9.17, 15) is 4.79 Å². The maximum Gasteiger partial charge on any atom is 0.307 e. The second kappa shape index (κ2) is 3.64. The zero-order valence-electron chi connectivity index (χ0n) is 7.70. The van der Waals surface area contributed by atoms with Crippen molar-refractivity contribution in [3.05, 3.63) is 0 Å². The van der Waals surface area contributed by atoms with E-state index in [1.54, 1.807) is 0 Å². The van der Waals surface area contributed by atoms with Gasteiger partial charge in [0, 0.05) is 32.2 Å². The Labute approximate surface area is 77.9 Å². The number of carboxylic acid groups (broad SMARTS) is 1. The lowest BCUT2D eigenvalue weighted by Crippen LogP contribution is -2.55. The van der Waals surface area contributed by atoms with Crippen LogP contribution in [0.1, 0.15) is 12.8 Å². The number of nitrogens with one attached hydrogen (secondary N) is 1. The Morgan fingerprint density at radius 1 is 1.46 bits per heavy atom. The van der Waals surface area contributed by atoms with Crippen molar-refractivity contribution < 1.29 is 9.90 Å². The van der Waals surface area contributed by atoms with Crippen LogP contribution in [0.3, 0.4) is 0 Å². The van der Waals surface area contributed by atoms with E-state index in [4.69, 9.17) is 5.11 Å². The Hall–Kier alpha value is -0.610. The topological polar surface area (TPSA) is 52.6 Å². The van der Waals surface area contributed by atoms with Gasteiger partial charge in [-0.25, -0.2) is 0 Å². The Balaban J connectivity index is 1.95. The highest BCUT2D eigenvalue weighted by Crippen LogP contribution is 2.22. The molecule has 0 unspecified atom stereocenters. The Morgan fingerprint density at radius 2 is 2.31 bits per heavy atom. The predicted molar refractivity (Wildman–Crippen MR) is 48.6 cm³/mol. The second-order valence-corrected chi connectivity index (χ2v) is 3.97. The molecule has 0 aliphatic carbocycles. The van der Waals surface area contributed by atoms with Crippen molar-refractivity contribution in [2.75, 3.05) is 26.2 Å². The molecule has 0 aromatic heterocycles. The third-order valence-electron chi connectivity index (χ3n) is 3.12. The molecule has 4 heteroatoms. The zero-order chi connectivity index (χ0) is 9.26. The fourth-order valence-corrected chi connectivity index (χ4v) is 2.30. The molecule has 4 nitrogen and oxygen atoms in total. The molecule has 0 amide bonds. The summed E-state index contributed by atoms with van der Waals surface area (Å²) in [5, 5.41) is 12.2. The monoisotopic (exact) mass is 184 g/mol. The average Bonchev–Trinajstić information content (AvgIpc) is 2.17. The smallest absolute Gasteiger partial charge is 0.307 e. The van der Waals surface area contributed by atoms with Crippen LogP contribution in [0.5, 0.6) is 0 Å². The van der Waals surface area contributed by atoms with Gasteiger partial charge < -0.3 is 10.4 Å². The Bertz CT molecular complexity index is 208. The van der Waals surface area contributed by atoms with Gasteiger partial charge in [0.2, 0.25) is 0 Å². The van der Waals surface area contributed by atoms with E-state index in [2.05, 4.69) is 10.2 Å². The van der Waals surface area contributed by atoms with Crippen LogP contribution in [0.2, 0.25) is 0 Å². The molecule has 0 spiro atoms. The molecular formula is C9H16N2O2. The number of hydrogen-bond donors (Lipinski definition) is 2. The minimum atomic E-state index is -0.628. The number of hydrogen-bond acceptors (Lipinski definition) is 3. The van der Waals surface area contributed by atoms with Crippen LogP contribution in [0, 0.1) is 5.92 Å². The van der Waals surface area contributed by atoms with Crippen molar-refractivity contribution >= 4 is 5.97 Å². The summed E-state index contributed by atoms with van der Waals surface area (Å²) in [5.41, 5.74) is 0. The molecular weight excluding hydrogens is 168 g/mol. The number of carboxylic acids is 1. The summed E-state index contributed by atoms with van der Waals surface area (Å²) in [6, 6.07) is 0.587. The summed E-state index contributed by atoms with van der Waals surface area (Å²) >= 11 is 0. The SMILES string of the molecule is O=C(O)[C@H]1CC[C@H]2CNCCN2C1. The first-order valence-electron chi connectivity index (χ1n) is 4.95. The molecule has 2 atom stereocenters. The van der Waals surface area contributed by atoms with Crippen molar-refractivity contribution in [1.82, 2.24) is 10.2 Å². The van der Waals surface area contributed by atoms with E-state index in [-0.39, 0.29) is 5.92 Å². The van der Waals surface area contributed by atoms with Crippen LogP contribution < -0.4 is 5.32 Å². The zero-order valence-corrected chi connectivity index (χ0v) is 7.70. The highest BCUT2D eigenvalue weighted by Gasteiger charge is 2.32. The molecule has 0 radical (unpaired) electrons. The summed E-state index contributed by atoms with van der Waals surface area (Å²) < 4.78 is 0. The maximum atomic E-state index is 10.8. The molecule has 2 saturated heterocycles. The van der Waals surface area contributed by atoms with Crippen LogP contribution >= 0.6 is 0 Å². The van der Waals surface area contributed by atoms with Crippen LogP contribution in [-0.4, -0.2) is 48.2 Å². The largest absolute Gasteiger partial charge is 0.481 e. The first-order valence-corrected chi connectivity index (χ1v) is 4.95. The fourth-order valence-electron chi connectivity index (χ4n) is 2.30. The number of piperidine rings is 1. The van der Waals surface area contributed by atoms with E-state index >= 15 is 0 Å². The Morgan fingerprint density at radius 3 is 3.08 bits per heavy atom. The molecule has 2 fully saturated rings. The summed E-state index contributed by atoms with van der Waals surface area (Å²) in [4.78, 5) is 13.1.